The lowest BCUT2D eigenvalue weighted by Gasteiger charge is -2.04. The third kappa shape index (κ3) is 3.44. The molecule has 0 atom stereocenters. The topological polar surface area (TPSA) is 76.4 Å². The molecule has 1 N–H and O–H groups in total. The minimum absolute atomic E-state index is 0.00990. The lowest BCUT2D eigenvalue weighted by Crippen LogP contribution is -2.29. The van der Waals surface area contributed by atoms with Gasteiger partial charge in [-0.15, -0.1) is 11.3 Å². The largest absolute Gasteiger partial charge is 0.422 e. The highest BCUT2D eigenvalue weighted by atomic mass is 32.1. The summed E-state index contributed by atoms with van der Waals surface area (Å²) in [5.41, 5.74) is -0.208. The van der Waals surface area contributed by atoms with Gasteiger partial charge in [0.15, 0.2) is 5.78 Å². The molecule has 3 rings (SSSR count). The first kappa shape index (κ1) is 16.1. The summed E-state index contributed by atoms with van der Waals surface area (Å²) in [6, 6.07) is 12.2. The standard InChI is InChI=1S/C18H15NO4S/c1-11(20)16-7-6-13(24-16)8-9-19-17(21)14-10-12-4-2-3-5-15(12)23-18(14)22/h2-7,10H,8-9H2,1H3,(H,19,21). The van der Waals surface area contributed by atoms with Crippen LogP contribution >= 0.6 is 11.3 Å². The zero-order valence-electron chi connectivity index (χ0n) is 13.0. The lowest BCUT2D eigenvalue weighted by atomic mass is 10.2. The molecule has 3 aromatic rings. The number of benzene rings is 1. The Kier molecular flexibility index (Phi) is 4.57. The summed E-state index contributed by atoms with van der Waals surface area (Å²) < 4.78 is 5.16. The summed E-state index contributed by atoms with van der Waals surface area (Å²) in [7, 11) is 0. The number of para-hydroxylation sites is 1. The zero-order valence-corrected chi connectivity index (χ0v) is 13.8. The van der Waals surface area contributed by atoms with Crippen LogP contribution in [0.3, 0.4) is 0 Å². The number of thiophene rings is 1. The maximum absolute atomic E-state index is 12.2. The Morgan fingerprint density at radius 3 is 2.71 bits per heavy atom. The van der Waals surface area contributed by atoms with E-state index in [1.807, 2.05) is 12.1 Å². The van der Waals surface area contributed by atoms with Crippen LogP contribution in [0.2, 0.25) is 0 Å². The van der Waals surface area contributed by atoms with Gasteiger partial charge in [-0.05, 0) is 37.6 Å². The molecule has 0 aliphatic heterocycles. The molecule has 2 heterocycles. The van der Waals surface area contributed by atoms with Gasteiger partial charge >= 0.3 is 5.63 Å². The average molecular weight is 341 g/mol. The molecule has 0 aliphatic rings. The van der Waals surface area contributed by atoms with Crippen LogP contribution in [0, 0.1) is 0 Å². The number of hydrogen-bond acceptors (Lipinski definition) is 5. The molecule has 5 nitrogen and oxygen atoms in total. The van der Waals surface area contributed by atoms with E-state index in [0.717, 1.165) is 4.88 Å². The van der Waals surface area contributed by atoms with Crippen molar-refractivity contribution < 1.29 is 14.0 Å². The predicted molar refractivity (Wildman–Crippen MR) is 92.8 cm³/mol. The summed E-state index contributed by atoms with van der Waals surface area (Å²) >= 11 is 1.41. The molecule has 0 aliphatic carbocycles. The van der Waals surface area contributed by atoms with Gasteiger partial charge in [-0.3, -0.25) is 9.59 Å². The minimum atomic E-state index is -0.652. The van der Waals surface area contributed by atoms with Gasteiger partial charge in [-0.1, -0.05) is 18.2 Å². The van der Waals surface area contributed by atoms with Gasteiger partial charge in [-0.25, -0.2) is 4.79 Å². The SMILES string of the molecule is CC(=O)c1ccc(CCNC(=O)c2cc3ccccc3oc2=O)s1. The maximum Gasteiger partial charge on any atom is 0.349 e. The highest BCUT2D eigenvalue weighted by Gasteiger charge is 2.13. The Morgan fingerprint density at radius 1 is 1.17 bits per heavy atom. The second-order valence-corrected chi connectivity index (χ2v) is 6.48. The highest BCUT2D eigenvalue weighted by molar-refractivity contribution is 7.14. The van der Waals surface area contributed by atoms with Gasteiger partial charge in [0.05, 0.1) is 4.88 Å². The smallest absolute Gasteiger partial charge is 0.349 e. The Balaban J connectivity index is 1.67. The number of rotatable bonds is 5. The first-order chi connectivity index (χ1) is 11.5. The molecular weight excluding hydrogens is 326 g/mol. The summed E-state index contributed by atoms with van der Waals surface area (Å²) in [4.78, 5) is 37.1. The number of ketones is 1. The molecule has 24 heavy (non-hydrogen) atoms. The normalized spacial score (nSPS) is 10.7. The van der Waals surface area contributed by atoms with Crippen LogP contribution in [0.5, 0.6) is 0 Å². The maximum atomic E-state index is 12.2. The second kappa shape index (κ2) is 6.80. The average Bonchev–Trinajstić information content (AvgIpc) is 3.03. The van der Waals surface area contributed by atoms with Crippen molar-refractivity contribution in [1.29, 1.82) is 0 Å². The number of Topliss-reactive ketones (excluding diaryl/α,β-unsaturated/α-hetero) is 1. The molecule has 122 valence electrons. The summed E-state index contributed by atoms with van der Waals surface area (Å²) in [5.74, 6) is -0.429. The van der Waals surface area contributed by atoms with E-state index >= 15 is 0 Å². The molecule has 1 amide bonds. The number of nitrogens with one attached hydrogen (secondary N) is 1. The summed E-state index contributed by atoms with van der Waals surface area (Å²) in [6.07, 6.45) is 0.600. The minimum Gasteiger partial charge on any atom is -0.422 e. The van der Waals surface area contributed by atoms with E-state index in [-0.39, 0.29) is 11.3 Å². The second-order valence-electron chi connectivity index (χ2n) is 5.31. The number of hydrogen-bond donors (Lipinski definition) is 1. The number of fused-ring (bicyclic) bond motifs is 1. The van der Waals surface area contributed by atoms with Gasteiger partial charge in [-0.2, -0.15) is 0 Å². The van der Waals surface area contributed by atoms with Gasteiger partial charge in [0.25, 0.3) is 5.91 Å². The predicted octanol–water partition coefficient (Wildman–Crippen LogP) is 3.03. The Labute approximate surface area is 141 Å². The van der Waals surface area contributed by atoms with Crippen molar-refractivity contribution in [3.8, 4) is 0 Å². The van der Waals surface area contributed by atoms with E-state index in [2.05, 4.69) is 5.32 Å². The molecule has 0 spiro atoms. The molecule has 0 fully saturated rings. The summed E-state index contributed by atoms with van der Waals surface area (Å²) in [6.45, 7) is 1.90. The van der Waals surface area contributed by atoms with E-state index < -0.39 is 11.5 Å². The van der Waals surface area contributed by atoms with Crippen molar-refractivity contribution in [1.82, 2.24) is 5.32 Å². The highest BCUT2D eigenvalue weighted by Crippen LogP contribution is 2.17. The van der Waals surface area contributed by atoms with Gasteiger partial charge < -0.3 is 9.73 Å². The molecule has 6 heteroatoms. The van der Waals surface area contributed by atoms with Crippen LogP contribution in [0.4, 0.5) is 0 Å². The van der Waals surface area contributed by atoms with Crippen molar-refractivity contribution in [2.24, 2.45) is 0 Å². The lowest BCUT2D eigenvalue weighted by molar-refractivity contribution is 0.0949. The molecule has 0 saturated heterocycles. The molecule has 2 aromatic heterocycles. The van der Waals surface area contributed by atoms with Crippen LogP contribution in [0.1, 0.15) is 31.8 Å². The first-order valence-electron chi connectivity index (χ1n) is 7.45. The van der Waals surface area contributed by atoms with Crippen LogP contribution in [0.15, 0.2) is 51.7 Å². The van der Waals surface area contributed by atoms with Crippen LogP contribution < -0.4 is 10.9 Å². The zero-order chi connectivity index (χ0) is 17.1. The molecule has 0 unspecified atom stereocenters. The fraction of sp³-hybridized carbons (Fsp3) is 0.167. The number of carbonyl (C=O) groups excluding carboxylic acids is 2. The number of amides is 1. The van der Waals surface area contributed by atoms with Gasteiger partial charge in [0.2, 0.25) is 0 Å². The molecule has 0 saturated carbocycles. The Morgan fingerprint density at radius 2 is 1.96 bits per heavy atom. The Bertz CT molecular complexity index is 970. The van der Waals surface area contributed by atoms with E-state index in [4.69, 9.17) is 4.42 Å². The molecule has 0 bridgehead atoms. The molecular formula is C18H15NO4S. The van der Waals surface area contributed by atoms with E-state index in [1.54, 1.807) is 24.3 Å². The van der Waals surface area contributed by atoms with E-state index in [9.17, 15) is 14.4 Å². The molecule has 0 radical (unpaired) electrons. The Hall–Kier alpha value is -2.73. The fourth-order valence-electron chi connectivity index (χ4n) is 2.32. The fourth-order valence-corrected chi connectivity index (χ4v) is 3.22. The van der Waals surface area contributed by atoms with Crippen LogP contribution in [0.25, 0.3) is 11.0 Å². The summed E-state index contributed by atoms with van der Waals surface area (Å²) in [5, 5.41) is 3.41. The van der Waals surface area contributed by atoms with Crippen LogP contribution in [-0.2, 0) is 6.42 Å². The third-order valence-corrected chi connectivity index (χ3v) is 4.80. The quantitative estimate of drug-likeness (QED) is 0.572. The van der Waals surface area contributed by atoms with Crippen molar-refractivity contribution in [3.05, 3.63) is 68.2 Å². The number of carbonyl (C=O) groups is 2. The van der Waals surface area contributed by atoms with E-state index in [1.165, 1.54) is 24.3 Å². The van der Waals surface area contributed by atoms with Crippen molar-refractivity contribution >= 4 is 34.0 Å². The first-order valence-corrected chi connectivity index (χ1v) is 8.27. The monoisotopic (exact) mass is 341 g/mol. The van der Waals surface area contributed by atoms with Crippen molar-refractivity contribution in [2.45, 2.75) is 13.3 Å². The van der Waals surface area contributed by atoms with Gasteiger partial charge in [0.1, 0.15) is 11.1 Å². The van der Waals surface area contributed by atoms with Gasteiger partial charge in [0, 0.05) is 16.8 Å². The third-order valence-electron chi connectivity index (χ3n) is 3.55. The van der Waals surface area contributed by atoms with E-state index in [0.29, 0.717) is 28.8 Å². The van der Waals surface area contributed by atoms with Crippen LogP contribution in [-0.4, -0.2) is 18.2 Å². The van der Waals surface area contributed by atoms with Crippen molar-refractivity contribution in [3.63, 3.8) is 0 Å². The molecule has 1 aromatic carbocycles. The van der Waals surface area contributed by atoms with Crippen molar-refractivity contribution in [2.75, 3.05) is 6.54 Å².